The number of nitrogens with zero attached hydrogens (tertiary/aromatic N) is 6. The molecule has 0 atom stereocenters. The Hall–Kier alpha value is -2.31. The molecular formula is C27H44N6O. The zero-order valence-electron chi connectivity index (χ0n) is 21.5. The topological polar surface area (TPSA) is 57.5 Å². The second-order valence-electron chi connectivity index (χ2n) is 10.0. The van der Waals surface area contributed by atoms with Gasteiger partial charge in [-0.2, -0.15) is 4.68 Å². The van der Waals surface area contributed by atoms with Gasteiger partial charge < -0.3 is 14.8 Å². The zero-order chi connectivity index (χ0) is 23.8. The van der Waals surface area contributed by atoms with Crippen LogP contribution in [0, 0.1) is 0 Å². The smallest absolute Gasteiger partial charge is 0.283 e. The standard InChI is InChI=1S/C27H44N6O/c1-3-15-31(16-4-2)27-29-23-21-28-22-24(30-17-11-7-5-8-12-18-30)25(23)26(34)33(27)32-19-13-9-6-10-14-20-32/h21-22H,3-20H2,1-2H3. The van der Waals surface area contributed by atoms with Crippen LogP contribution >= 0.6 is 0 Å². The van der Waals surface area contributed by atoms with E-state index in [1.165, 1.54) is 51.4 Å². The van der Waals surface area contributed by atoms with Crippen LogP contribution in [0.3, 0.4) is 0 Å². The minimum atomic E-state index is 0.0808. The predicted molar refractivity (Wildman–Crippen MR) is 143 cm³/mol. The normalized spacial score (nSPS) is 18.3. The number of pyridine rings is 1. The first kappa shape index (κ1) is 24.8. The van der Waals surface area contributed by atoms with Crippen molar-refractivity contribution in [2.45, 2.75) is 90.9 Å². The van der Waals surface area contributed by atoms with Crippen molar-refractivity contribution in [2.24, 2.45) is 0 Å². The SMILES string of the molecule is CCCN(CCC)c1nc2cncc(N3CCCCCCC3)c2c(=O)n1N1CCCCCCC1. The molecule has 7 nitrogen and oxygen atoms in total. The fourth-order valence-corrected chi connectivity index (χ4v) is 5.56. The number of hydrogen-bond acceptors (Lipinski definition) is 6. The molecule has 0 radical (unpaired) electrons. The van der Waals surface area contributed by atoms with Gasteiger partial charge in [-0.15, -0.1) is 0 Å². The number of hydrogen-bond donors (Lipinski definition) is 0. The Labute approximate surface area is 205 Å². The van der Waals surface area contributed by atoms with Crippen molar-refractivity contribution >= 4 is 22.5 Å². The molecule has 0 spiro atoms. The van der Waals surface area contributed by atoms with E-state index in [0.717, 1.165) is 87.5 Å². The Morgan fingerprint density at radius 1 is 0.794 bits per heavy atom. The molecule has 2 aliphatic heterocycles. The van der Waals surface area contributed by atoms with E-state index < -0.39 is 0 Å². The summed E-state index contributed by atoms with van der Waals surface area (Å²) < 4.78 is 1.95. The summed E-state index contributed by atoms with van der Waals surface area (Å²) in [5, 5.41) is 3.04. The van der Waals surface area contributed by atoms with Crippen LogP contribution in [0.15, 0.2) is 17.2 Å². The van der Waals surface area contributed by atoms with Crippen molar-refractivity contribution in [1.29, 1.82) is 0 Å². The third-order valence-corrected chi connectivity index (χ3v) is 7.30. The van der Waals surface area contributed by atoms with Gasteiger partial charge in [-0.25, -0.2) is 4.98 Å². The Balaban J connectivity index is 1.87. The van der Waals surface area contributed by atoms with Crippen molar-refractivity contribution < 1.29 is 0 Å². The lowest BCUT2D eigenvalue weighted by atomic mass is 10.1. The maximum atomic E-state index is 14.4. The third-order valence-electron chi connectivity index (χ3n) is 7.30. The fraction of sp³-hybridized carbons (Fsp3) is 0.741. The van der Waals surface area contributed by atoms with Crippen LogP contribution in [0.2, 0.25) is 0 Å². The van der Waals surface area contributed by atoms with Gasteiger partial charge in [0.2, 0.25) is 5.95 Å². The van der Waals surface area contributed by atoms with E-state index in [4.69, 9.17) is 4.98 Å². The van der Waals surface area contributed by atoms with Gasteiger partial charge in [0, 0.05) is 39.3 Å². The fourth-order valence-electron chi connectivity index (χ4n) is 5.56. The van der Waals surface area contributed by atoms with Gasteiger partial charge in [-0.05, 0) is 38.5 Å². The van der Waals surface area contributed by atoms with Crippen molar-refractivity contribution in [2.75, 3.05) is 54.1 Å². The zero-order valence-corrected chi connectivity index (χ0v) is 21.5. The van der Waals surface area contributed by atoms with Crippen molar-refractivity contribution in [3.8, 4) is 0 Å². The lowest BCUT2D eigenvalue weighted by Gasteiger charge is -2.34. The molecule has 2 fully saturated rings. The summed E-state index contributed by atoms with van der Waals surface area (Å²) in [4.78, 5) is 28.8. The maximum absolute atomic E-state index is 14.4. The van der Waals surface area contributed by atoms with Crippen LogP contribution in [0.5, 0.6) is 0 Å². The minimum Gasteiger partial charge on any atom is -0.370 e. The summed E-state index contributed by atoms with van der Waals surface area (Å²) in [5.74, 6) is 0.799. The molecule has 34 heavy (non-hydrogen) atoms. The highest BCUT2D eigenvalue weighted by Gasteiger charge is 2.24. The molecule has 2 aromatic heterocycles. The van der Waals surface area contributed by atoms with Crippen LogP contribution in [0.4, 0.5) is 11.6 Å². The van der Waals surface area contributed by atoms with Crippen molar-refractivity contribution in [1.82, 2.24) is 14.6 Å². The molecule has 4 heterocycles. The highest BCUT2D eigenvalue weighted by molar-refractivity contribution is 5.91. The van der Waals surface area contributed by atoms with Gasteiger partial charge in [0.25, 0.3) is 5.56 Å². The Morgan fingerprint density at radius 3 is 1.94 bits per heavy atom. The molecule has 0 unspecified atom stereocenters. The quantitative estimate of drug-likeness (QED) is 0.564. The predicted octanol–water partition coefficient (Wildman–Crippen LogP) is 5.09. The highest BCUT2D eigenvalue weighted by atomic mass is 16.1. The molecule has 0 aliphatic carbocycles. The monoisotopic (exact) mass is 468 g/mol. The van der Waals surface area contributed by atoms with E-state index in [-0.39, 0.29) is 5.56 Å². The van der Waals surface area contributed by atoms with Gasteiger partial charge >= 0.3 is 0 Å². The molecule has 0 aromatic carbocycles. The first-order valence-electron chi connectivity index (χ1n) is 13.9. The molecule has 188 valence electrons. The van der Waals surface area contributed by atoms with Crippen LogP contribution in [-0.2, 0) is 0 Å². The maximum Gasteiger partial charge on any atom is 0.283 e. The van der Waals surface area contributed by atoms with Crippen molar-refractivity contribution in [3.05, 3.63) is 22.7 Å². The molecule has 0 saturated carbocycles. The molecule has 0 amide bonds. The molecule has 4 rings (SSSR count). The average molecular weight is 469 g/mol. The third kappa shape index (κ3) is 5.66. The highest BCUT2D eigenvalue weighted by Crippen LogP contribution is 2.27. The van der Waals surface area contributed by atoms with Gasteiger partial charge in [-0.3, -0.25) is 9.78 Å². The van der Waals surface area contributed by atoms with Gasteiger partial charge in [0.05, 0.1) is 23.5 Å². The van der Waals surface area contributed by atoms with E-state index in [1.54, 1.807) is 6.20 Å². The summed E-state index contributed by atoms with van der Waals surface area (Å²) in [5.41, 5.74) is 1.79. The largest absolute Gasteiger partial charge is 0.370 e. The van der Waals surface area contributed by atoms with E-state index in [2.05, 4.69) is 33.6 Å². The summed E-state index contributed by atoms with van der Waals surface area (Å²) in [6.45, 7) is 10.0. The number of fused-ring (bicyclic) bond motifs is 1. The Kier molecular flexibility index (Phi) is 9.05. The van der Waals surface area contributed by atoms with Gasteiger partial charge in [0.15, 0.2) is 0 Å². The molecule has 2 aliphatic rings. The van der Waals surface area contributed by atoms with Crippen LogP contribution in [0.1, 0.15) is 90.9 Å². The van der Waals surface area contributed by atoms with Crippen LogP contribution in [0.25, 0.3) is 10.9 Å². The van der Waals surface area contributed by atoms with E-state index in [9.17, 15) is 4.79 Å². The minimum absolute atomic E-state index is 0.0808. The lowest BCUT2D eigenvalue weighted by molar-refractivity contribution is 0.471. The second kappa shape index (κ2) is 12.4. The molecule has 2 aromatic rings. The van der Waals surface area contributed by atoms with E-state index in [1.807, 2.05) is 10.9 Å². The first-order chi connectivity index (χ1) is 16.7. The first-order valence-corrected chi connectivity index (χ1v) is 13.9. The van der Waals surface area contributed by atoms with E-state index in [0.29, 0.717) is 0 Å². The summed E-state index contributed by atoms with van der Waals surface area (Å²) in [6, 6.07) is 0. The Morgan fingerprint density at radius 2 is 1.35 bits per heavy atom. The average Bonchev–Trinajstić information content (AvgIpc) is 2.79. The number of aromatic nitrogens is 3. The molecule has 0 bridgehead atoms. The van der Waals surface area contributed by atoms with Gasteiger partial charge in [-0.1, -0.05) is 52.4 Å². The van der Waals surface area contributed by atoms with Crippen LogP contribution < -0.4 is 20.4 Å². The van der Waals surface area contributed by atoms with E-state index >= 15 is 0 Å². The van der Waals surface area contributed by atoms with Gasteiger partial charge in [0.1, 0.15) is 5.52 Å². The molecule has 2 saturated heterocycles. The number of anilines is 2. The Bertz CT molecular complexity index is 951. The van der Waals surface area contributed by atoms with Crippen molar-refractivity contribution in [3.63, 3.8) is 0 Å². The summed E-state index contributed by atoms with van der Waals surface area (Å²) in [6.07, 6.45) is 18.0. The lowest BCUT2D eigenvalue weighted by Crippen LogP contribution is -2.48. The second-order valence-corrected chi connectivity index (χ2v) is 10.0. The summed E-state index contributed by atoms with van der Waals surface area (Å²) >= 11 is 0. The number of rotatable bonds is 7. The summed E-state index contributed by atoms with van der Waals surface area (Å²) in [7, 11) is 0. The molecule has 7 heteroatoms. The van der Waals surface area contributed by atoms with Crippen LogP contribution in [-0.4, -0.2) is 53.9 Å². The molecule has 0 N–H and O–H groups in total. The molecular weight excluding hydrogens is 424 g/mol.